The second-order valence-electron chi connectivity index (χ2n) is 3.63. The molecule has 90 valence electrons. The summed E-state index contributed by atoms with van der Waals surface area (Å²) in [5, 5.41) is 2.43. The van der Waals surface area contributed by atoms with Gasteiger partial charge in [0.25, 0.3) is 5.91 Å². The molecule has 1 heterocycles. The maximum absolute atomic E-state index is 12.4. The Hall–Kier alpha value is -1.11. The molecule has 1 amide bonds. The van der Waals surface area contributed by atoms with Crippen molar-refractivity contribution in [1.29, 1.82) is 0 Å². The quantitative estimate of drug-likeness (QED) is 0.898. The maximum Gasteiger partial charge on any atom is 0.434 e. The second kappa shape index (κ2) is 4.82. The normalized spacial score (nSPS) is 11.9. The van der Waals surface area contributed by atoms with Gasteiger partial charge in [0.15, 0.2) is 5.69 Å². The third kappa shape index (κ3) is 3.19. The van der Waals surface area contributed by atoms with Crippen LogP contribution in [0.3, 0.4) is 0 Å². The molecule has 0 saturated heterocycles. The van der Waals surface area contributed by atoms with Crippen molar-refractivity contribution in [3.05, 3.63) is 16.1 Å². The molecule has 0 aliphatic carbocycles. The molecule has 0 saturated carbocycles. The number of thiazole rings is 1. The standard InChI is InChI=1S/C9H11F3N2OS/c1-5(2)3-13-8(15)6-7(9(10,11)12)14-4-16-6/h4-5H,3H2,1-2H3,(H,13,15). The van der Waals surface area contributed by atoms with Crippen LogP contribution < -0.4 is 5.32 Å². The third-order valence-corrected chi connectivity index (χ3v) is 2.54. The van der Waals surface area contributed by atoms with Crippen LogP contribution in [0.2, 0.25) is 0 Å². The van der Waals surface area contributed by atoms with Gasteiger partial charge in [0.1, 0.15) is 4.88 Å². The van der Waals surface area contributed by atoms with Crippen LogP contribution in [0.15, 0.2) is 5.51 Å². The van der Waals surface area contributed by atoms with Crippen molar-refractivity contribution in [1.82, 2.24) is 10.3 Å². The Kier molecular flexibility index (Phi) is 3.90. The zero-order valence-electron chi connectivity index (χ0n) is 8.76. The number of aromatic nitrogens is 1. The summed E-state index contributed by atoms with van der Waals surface area (Å²) >= 11 is 0.693. The Morgan fingerprint density at radius 1 is 1.56 bits per heavy atom. The first-order valence-corrected chi connectivity index (χ1v) is 5.49. The van der Waals surface area contributed by atoms with E-state index in [0.29, 0.717) is 17.9 Å². The van der Waals surface area contributed by atoms with Gasteiger partial charge in [-0.15, -0.1) is 11.3 Å². The minimum atomic E-state index is -4.58. The fourth-order valence-corrected chi connectivity index (χ4v) is 1.71. The Balaban J connectivity index is 2.81. The zero-order valence-corrected chi connectivity index (χ0v) is 9.58. The van der Waals surface area contributed by atoms with Gasteiger partial charge >= 0.3 is 6.18 Å². The number of halogens is 3. The number of amides is 1. The third-order valence-electron chi connectivity index (χ3n) is 1.71. The molecule has 0 aliphatic heterocycles. The van der Waals surface area contributed by atoms with Crippen molar-refractivity contribution < 1.29 is 18.0 Å². The molecule has 0 fully saturated rings. The highest BCUT2D eigenvalue weighted by atomic mass is 32.1. The highest BCUT2D eigenvalue weighted by Gasteiger charge is 2.38. The summed E-state index contributed by atoms with van der Waals surface area (Å²) < 4.78 is 37.2. The van der Waals surface area contributed by atoms with E-state index >= 15 is 0 Å². The van der Waals surface area contributed by atoms with Crippen LogP contribution in [-0.4, -0.2) is 17.4 Å². The summed E-state index contributed by atoms with van der Waals surface area (Å²) in [4.78, 5) is 14.2. The lowest BCUT2D eigenvalue weighted by Gasteiger charge is -2.08. The lowest BCUT2D eigenvalue weighted by molar-refractivity contribution is -0.141. The van der Waals surface area contributed by atoms with Crippen molar-refractivity contribution in [2.45, 2.75) is 20.0 Å². The van der Waals surface area contributed by atoms with Gasteiger partial charge in [0.2, 0.25) is 0 Å². The highest BCUT2D eigenvalue weighted by molar-refractivity contribution is 7.11. The second-order valence-corrected chi connectivity index (χ2v) is 4.49. The summed E-state index contributed by atoms with van der Waals surface area (Å²) in [6.45, 7) is 4.06. The Morgan fingerprint density at radius 3 is 2.69 bits per heavy atom. The minimum absolute atomic E-state index is 0.186. The molecule has 0 aromatic carbocycles. The maximum atomic E-state index is 12.4. The van der Waals surface area contributed by atoms with Gasteiger partial charge in [-0.05, 0) is 5.92 Å². The molecule has 0 spiro atoms. The predicted octanol–water partition coefficient (Wildman–Crippen LogP) is 2.55. The Morgan fingerprint density at radius 2 is 2.19 bits per heavy atom. The minimum Gasteiger partial charge on any atom is -0.351 e. The van der Waals surface area contributed by atoms with E-state index in [2.05, 4.69) is 10.3 Å². The fourth-order valence-electron chi connectivity index (χ4n) is 0.986. The molecule has 1 rings (SSSR count). The van der Waals surface area contributed by atoms with Gasteiger partial charge in [-0.1, -0.05) is 13.8 Å². The number of hydrogen-bond donors (Lipinski definition) is 1. The summed E-state index contributed by atoms with van der Waals surface area (Å²) in [5.74, 6) is -0.533. The first-order valence-electron chi connectivity index (χ1n) is 4.61. The number of nitrogens with zero attached hydrogens (tertiary/aromatic N) is 1. The zero-order chi connectivity index (χ0) is 12.3. The van der Waals surface area contributed by atoms with Crippen LogP contribution in [-0.2, 0) is 6.18 Å². The number of carbonyl (C=O) groups excluding carboxylic acids is 1. The van der Waals surface area contributed by atoms with E-state index in [0.717, 1.165) is 5.51 Å². The molecule has 0 atom stereocenters. The van der Waals surface area contributed by atoms with E-state index in [1.54, 1.807) is 0 Å². The summed E-state index contributed by atoms with van der Waals surface area (Å²) in [6, 6.07) is 0. The van der Waals surface area contributed by atoms with E-state index in [-0.39, 0.29) is 10.8 Å². The molecule has 16 heavy (non-hydrogen) atoms. The summed E-state index contributed by atoms with van der Waals surface area (Å²) in [7, 11) is 0. The predicted molar refractivity (Wildman–Crippen MR) is 54.3 cm³/mol. The van der Waals surface area contributed by atoms with Gasteiger partial charge in [0, 0.05) is 6.54 Å². The average Bonchev–Trinajstić information content (AvgIpc) is 2.61. The Bertz CT molecular complexity index is 373. The molecule has 1 aromatic heterocycles. The van der Waals surface area contributed by atoms with Gasteiger partial charge in [-0.25, -0.2) is 4.98 Å². The first-order chi connectivity index (χ1) is 7.32. The average molecular weight is 252 g/mol. The van der Waals surface area contributed by atoms with Crippen LogP contribution in [0.25, 0.3) is 0 Å². The largest absolute Gasteiger partial charge is 0.434 e. The SMILES string of the molecule is CC(C)CNC(=O)c1scnc1C(F)(F)F. The van der Waals surface area contributed by atoms with E-state index in [9.17, 15) is 18.0 Å². The molecule has 0 bridgehead atoms. The van der Waals surface area contributed by atoms with E-state index in [1.807, 2.05) is 13.8 Å². The molecule has 3 nitrogen and oxygen atoms in total. The smallest absolute Gasteiger partial charge is 0.351 e. The van der Waals surface area contributed by atoms with Crippen LogP contribution in [0, 0.1) is 5.92 Å². The molecular formula is C9H11F3N2OS. The summed E-state index contributed by atoms with van der Waals surface area (Å²) in [5.41, 5.74) is -0.0913. The molecule has 0 unspecified atom stereocenters. The number of alkyl halides is 3. The van der Waals surface area contributed by atoms with Crippen LogP contribution in [0.1, 0.15) is 29.2 Å². The molecule has 0 radical (unpaired) electrons. The molecule has 1 N–H and O–H groups in total. The van der Waals surface area contributed by atoms with E-state index < -0.39 is 17.8 Å². The number of hydrogen-bond acceptors (Lipinski definition) is 3. The van der Waals surface area contributed by atoms with E-state index in [1.165, 1.54) is 0 Å². The first kappa shape index (κ1) is 13.0. The lowest BCUT2D eigenvalue weighted by Crippen LogP contribution is -2.28. The molecule has 0 aliphatic rings. The Labute approximate surface area is 94.7 Å². The van der Waals surface area contributed by atoms with Crippen molar-refractivity contribution in [2.24, 2.45) is 5.92 Å². The van der Waals surface area contributed by atoms with Crippen molar-refractivity contribution in [3.8, 4) is 0 Å². The number of nitrogens with one attached hydrogen (secondary N) is 1. The topological polar surface area (TPSA) is 42.0 Å². The van der Waals surface area contributed by atoms with Crippen molar-refractivity contribution >= 4 is 17.2 Å². The van der Waals surface area contributed by atoms with E-state index in [4.69, 9.17) is 0 Å². The highest BCUT2D eigenvalue weighted by Crippen LogP contribution is 2.32. The van der Waals surface area contributed by atoms with Gasteiger partial charge < -0.3 is 5.32 Å². The van der Waals surface area contributed by atoms with Crippen LogP contribution in [0.5, 0.6) is 0 Å². The number of carbonyl (C=O) groups is 1. The lowest BCUT2D eigenvalue weighted by atomic mass is 10.2. The monoisotopic (exact) mass is 252 g/mol. The van der Waals surface area contributed by atoms with Crippen LogP contribution in [0.4, 0.5) is 13.2 Å². The van der Waals surface area contributed by atoms with Gasteiger partial charge in [0.05, 0.1) is 5.51 Å². The van der Waals surface area contributed by atoms with Crippen molar-refractivity contribution in [3.63, 3.8) is 0 Å². The molecular weight excluding hydrogens is 241 g/mol. The fraction of sp³-hybridized carbons (Fsp3) is 0.556. The molecule has 1 aromatic rings. The van der Waals surface area contributed by atoms with Crippen molar-refractivity contribution in [2.75, 3.05) is 6.54 Å². The van der Waals surface area contributed by atoms with Crippen LogP contribution >= 0.6 is 11.3 Å². The number of rotatable bonds is 3. The molecule has 7 heteroatoms. The van der Waals surface area contributed by atoms with Gasteiger partial charge in [-0.2, -0.15) is 13.2 Å². The summed E-state index contributed by atoms with van der Waals surface area (Å²) in [6.07, 6.45) is -4.58. The van der Waals surface area contributed by atoms with Gasteiger partial charge in [-0.3, -0.25) is 4.79 Å².